The number of nitrogens with zero attached hydrogens (tertiary/aromatic N) is 1. The third-order valence-corrected chi connectivity index (χ3v) is 3.86. The molecule has 1 saturated carbocycles. The minimum atomic E-state index is -0.229. The largest absolute Gasteiger partial charge is 0.388 e. The molecule has 0 unspecified atom stereocenters. The van der Waals surface area contributed by atoms with Crippen LogP contribution in [0.4, 0.5) is 4.39 Å². The summed E-state index contributed by atoms with van der Waals surface area (Å²) in [4.78, 5) is 2.32. The first-order valence-corrected chi connectivity index (χ1v) is 6.86. The number of hydrogen-bond acceptors (Lipinski definition) is 2. The van der Waals surface area contributed by atoms with Gasteiger partial charge in [-0.1, -0.05) is 22.0 Å². The number of nitrogens with one attached hydrogen (secondary N) is 1. The summed E-state index contributed by atoms with van der Waals surface area (Å²) in [6, 6.07) is 5.38. The van der Waals surface area contributed by atoms with Crippen LogP contribution in [-0.4, -0.2) is 23.3 Å². The monoisotopic (exact) mass is 313 g/mol. The maximum absolute atomic E-state index is 13.0. The standard InChI is InChI=1S/C13H17BrFN3/c14-12-7-10(15)2-1-9(12)8-18(11-3-4-11)6-5-13(16)17/h1-2,7,11H,3-6,8H2,(H3,16,17). The summed E-state index contributed by atoms with van der Waals surface area (Å²) in [5.41, 5.74) is 6.48. The van der Waals surface area contributed by atoms with Crippen LogP contribution in [0.25, 0.3) is 0 Å². The summed E-state index contributed by atoms with van der Waals surface area (Å²) in [5, 5.41) is 7.29. The Morgan fingerprint density at radius 2 is 2.22 bits per heavy atom. The van der Waals surface area contributed by atoms with E-state index < -0.39 is 0 Å². The molecule has 5 heteroatoms. The molecule has 0 amide bonds. The Hall–Kier alpha value is -0.940. The molecule has 1 aliphatic carbocycles. The molecule has 0 saturated heterocycles. The smallest absolute Gasteiger partial charge is 0.124 e. The zero-order valence-corrected chi connectivity index (χ0v) is 11.7. The van der Waals surface area contributed by atoms with Gasteiger partial charge >= 0.3 is 0 Å². The molecule has 98 valence electrons. The lowest BCUT2D eigenvalue weighted by atomic mass is 10.2. The van der Waals surface area contributed by atoms with Crippen LogP contribution in [0.2, 0.25) is 0 Å². The second-order valence-electron chi connectivity index (χ2n) is 4.71. The van der Waals surface area contributed by atoms with E-state index in [1.807, 2.05) is 6.07 Å². The van der Waals surface area contributed by atoms with Crippen molar-refractivity contribution in [2.75, 3.05) is 6.54 Å². The van der Waals surface area contributed by atoms with Crippen LogP contribution in [0.15, 0.2) is 22.7 Å². The highest BCUT2D eigenvalue weighted by atomic mass is 79.9. The molecule has 1 fully saturated rings. The van der Waals surface area contributed by atoms with Gasteiger partial charge in [0.25, 0.3) is 0 Å². The SMILES string of the molecule is N=C(N)CCN(Cc1ccc(F)cc1Br)C1CC1. The molecule has 0 atom stereocenters. The summed E-state index contributed by atoms with van der Waals surface area (Å²) in [5.74, 6) is -0.00819. The van der Waals surface area contributed by atoms with Crippen molar-refractivity contribution < 1.29 is 4.39 Å². The first-order valence-electron chi connectivity index (χ1n) is 6.07. The maximum Gasteiger partial charge on any atom is 0.124 e. The summed E-state index contributed by atoms with van der Waals surface area (Å²) in [6.07, 6.45) is 3.00. The lowest BCUT2D eigenvalue weighted by Crippen LogP contribution is -2.29. The maximum atomic E-state index is 13.0. The third kappa shape index (κ3) is 3.78. The first-order chi connectivity index (χ1) is 8.56. The van der Waals surface area contributed by atoms with Crippen molar-refractivity contribution in [3.8, 4) is 0 Å². The molecular weight excluding hydrogens is 297 g/mol. The fourth-order valence-electron chi connectivity index (χ4n) is 1.96. The van der Waals surface area contributed by atoms with Crippen molar-refractivity contribution in [2.24, 2.45) is 5.73 Å². The number of rotatable bonds is 6. The van der Waals surface area contributed by atoms with Gasteiger partial charge in [0.2, 0.25) is 0 Å². The second-order valence-corrected chi connectivity index (χ2v) is 5.57. The van der Waals surface area contributed by atoms with Crippen molar-refractivity contribution in [1.82, 2.24) is 4.90 Å². The Morgan fingerprint density at radius 3 is 2.78 bits per heavy atom. The van der Waals surface area contributed by atoms with Gasteiger partial charge in [-0.2, -0.15) is 0 Å². The van der Waals surface area contributed by atoms with E-state index in [4.69, 9.17) is 11.1 Å². The number of amidine groups is 1. The van der Waals surface area contributed by atoms with E-state index in [-0.39, 0.29) is 11.7 Å². The van der Waals surface area contributed by atoms with E-state index in [0.29, 0.717) is 12.5 Å². The minimum Gasteiger partial charge on any atom is -0.388 e. The molecule has 0 heterocycles. The Labute approximate surface area is 115 Å². The predicted octanol–water partition coefficient (Wildman–Crippen LogP) is 2.88. The van der Waals surface area contributed by atoms with Crippen molar-refractivity contribution >= 4 is 21.8 Å². The third-order valence-electron chi connectivity index (χ3n) is 3.12. The van der Waals surface area contributed by atoms with Gasteiger partial charge in [-0.15, -0.1) is 0 Å². The van der Waals surface area contributed by atoms with Crippen LogP contribution >= 0.6 is 15.9 Å². The Kier molecular flexibility index (Phi) is 4.35. The van der Waals surface area contributed by atoms with Gasteiger partial charge in [-0.3, -0.25) is 10.3 Å². The zero-order chi connectivity index (χ0) is 13.1. The van der Waals surface area contributed by atoms with Crippen LogP contribution < -0.4 is 5.73 Å². The number of nitrogens with two attached hydrogens (primary N) is 1. The highest BCUT2D eigenvalue weighted by Gasteiger charge is 2.29. The van der Waals surface area contributed by atoms with E-state index in [1.54, 1.807) is 0 Å². The Morgan fingerprint density at radius 1 is 1.50 bits per heavy atom. The number of halogens is 2. The number of hydrogen-bond donors (Lipinski definition) is 2. The summed E-state index contributed by atoms with van der Waals surface area (Å²) >= 11 is 3.39. The van der Waals surface area contributed by atoms with Crippen molar-refractivity contribution in [2.45, 2.75) is 31.8 Å². The average Bonchev–Trinajstić information content (AvgIpc) is 3.10. The van der Waals surface area contributed by atoms with E-state index in [0.717, 1.165) is 23.1 Å². The molecule has 0 radical (unpaired) electrons. The lowest BCUT2D eigenvalue weighted by molar-refractivity contribution is 0.261. The van der Waals surface area contributed by atoms with Gasteiger partial charge < -0.3 is 5.73 Å². The molecular formula is C13H17BrFN3. The van der Waals surface area contributed by atoms with E-state index in [1.165, 1.54) is 25.0 Å². The minimum absolute atomic E-state index is 0.221. The fourth-order valence-corrected chi connectivity index (χ4v) is 2.44. The molecule has 3 nitrogen and oxygen atoms in total. The van der Waals surface area contributed by atoms with Crippen LogP contribution in [0.5, 0.6) is 0 Å². The van der Waals surface area contributed by atoms with Crippen molar-refractivity contribution in [3.63, 3.8) is 0 Å². The quantitative estimate of drug-likeness (QED) is 0.627. The van der Waals surface area contributed by atoms with E-state index >= 15 is 0 Å². The van der Waals surface area contributed by atoms with Crippen LogP contribution in [-0.2, 0) is 6.54 Å². The van der Waals surface area contributed by atoms with Crippen LogP contribution in [0.3, 0.4) is 0 Å². The molecule has 1 aliphatic rings. The number of benzene rings is 1. The van der Waals surface area contributed by atoms with Crippen LogP contribution in [0.1, 0.15) is 24.8 Å². The first kappa shape index (κ1) is 13.5. The predicted molar refractivity (Wildman–Crippen MR) is 74.1 cm³/mol. The van der Waals surface area contributed by atoms with Crippen molar-refractivity contribution in [3.05, 3.63) is 34.1 Å². The second kappa shape index (κ2) is 5.80. The fraction of sp³-hybridized carbons (Fsp3) is 0.462. The Balaban J connectivity index is 2.01. The molecule has 0 bridgehead atoms. The van der Waals surface area contributed by atoms with Crippen LogP contribution in [0, 0.1) is 11.2 Å². The van der Waals surface area contributed by atoms with E-state index in [9.17, 15) is 4.39 Å². The molecule has 3 N–H and O–H groups in total. The summed E-state index contributed by atoms with van der Waals surface area (Å²) < 4.78 is 13.8. The van der Waals surface area contributed by atoms with Gasteiger partial charge in [0, 0.05) is 30.0 Å². The van der Waals surface area contributed by atoms with Gasteiger partial charge in [-0.05, 0) is 30.5 Å². The van der Waals surface area contributed by atoms with Gasteiger partial charge in [0.05, 0.1) is 5.84 Å². The summed E-state index contributed by atoms with van der Waals surface area (Å²) in [7, 11) is 0. The molecule has 0 spiro atoms. The molecule has 0 aromatic heterocycles. The molecule has 1 aromatic carbocycles. The molecule has 0 aliphatic heterocycles. The summed E-state index contributed by atoms with van der Waals surface area (Å²) in [6.45, 7) is 1.57. The zero-order valence-electron chi connectivity index (χ0n) is 10.1. The molecule has 1 aromatic rings. The topological polar surface area (TPSA) is 53.1 Å². The van der Waals surface area contributed by atoms with Gasteiger partial charge in [0.1, 0.15) is 5.82 Å². The normalized spacial score (nSPS) is 15.1. The molecule has 18 heavy (non-hydrogen) atoms. The van der Waals surface area contributed by atoms with Gasteiger partial charge in [-0.25, -0.2) is 4.39 Å². The van der Waals surface area contributed by atoms with E-state index in [2.05, 4.69) is 20.8 Å². The molecule has 2 rings (SSSR count). The van der Waals surface area contributed by atoms with Crippen molar-refractivity contribution in [1.29, 1.82) is 5.41 Å². The van der Waals surface area contributed by atoms with Gasteiger partial charge in [0.15, 0.2) is 0 Å². The Bertz CT molecular complexity index is 446. The average molecular weight is 314 g/mol. The lowest BCUT2D eigenvalue weighted by Gasteiger charge is -2.22. The highest BCUT2D eigenvalue weighted by Crippen LogP contribution is 2.30. The highest BCUT2D eigenvalue weighted by molar-refractivity contribution is 9.10.